The number of hydrogen-bond donors (Lipinski definition) is 1. The lowest BCUT2D eigenvalue weighted by Gasteiger charge is -2.17. The van der Waals surface area contributed by atoms with Gasteiger partial charge in [0.15, 0.2) is 0 Å². The van der Waals surface area contributed by atoms with Crippen LogP contribution < -0.4 is 5.32 Å². The average molecular weight is 465 g/mol. The van der Waals surface area contributed by atoms with Gasteiger partial charge in [-0.05, 0) is 46.4 Å². The lowest BCUT2D eigenvalue weighted by atomic mass is 10.1. The fourth-order valence-corrected chi connectivity index (χ4v) is 3.09. The van der Waals surface area contributed by atoms with E-state index in [0.29, 0.717) is 15.9 Å². The van der Waals surface area contributed by atoms with E-state index in [1.165, 1.54) is 0 Å². The summed E-state index contributed by atoms with van der Waals surface area (Å²) in [6.45, 7) is 0. The summed E-state index contributed by atoms with van der Waals surface area (Å²) >= 11 is 11.5. The van der Waals surface area contributed by atoms with E-state index >= 15 is 0 Å². The van der Waals surface area contributed by atoms with Crippen LogP contribution in [0.25, 0.3) is 0 Å². The van der Waals surface area contributed by atoms with E-state index in [2.05, 4.69) is 43.8 Å². The van der Waals surface area contributed by atoms with Gasteiger partial charge in [-0.1, -0.05) is 57.9 Å². The molecule has 1 atom stereocenters. The molecule has 0 aliphatic heterocycles. The van der Waals surface area contributed by atoms with Crippen LogP contribution in [-0.2, 0) is 0 Å². The van der Waals surface area contributed by atoms with Crippen LogP contribution >= 0.6 is 50.1 Å². The van der Waals surface area contributed by atoms with Crippen molar-refractivity contribution in [2.45, 2.75) is 6.04 Å². The van der Waals surface area contributed by atoms with Crippen LogP contribution in [0.2, 0.25) is 5.02 Å². The third kappa shape index (κ3) is 3.96. The maximum Gasteiger partial charge on any atom is 0.252 e. The van der Waals surface area contributed by atoms with E-state index in [1.54, 1.807) is 12.1 Å². The Morgan fingerprint density at radius 1 is 1.25 bits per heavy atom. The van der Waals surface area contributed by atoms with Crippen molar-refractivity contribution in [3.8, 4) is 0 Å². The molecule has 0 aliphatic carbocycles. The second-order valence-electron chi connectivity index (χ2n) is 4.22. The Morgan fingerprint density at radius 2 is 1.95 bits per heavy atom. The van der Waals surface area contributed by atoms with Crippen molar-refractivity contribution in [1.82, 2.24) is 5.32 Å². The van der Waals surface area contributed by atoms with E-state index in [0.717, 1.165) is 9.13 Å². The number of alkyl halides is 1. The second kappa shape index (κ2) is 7.43. The Kier molecular flexibility index (Phi) is 5.86. The summed E-state index contributed by atoms with van der Waals surface area (Å²) in [5.74, 6) is -0.120. The summed E-state index contributed by atoms with van der Waals surface area (Å²) in [6, 6.07) is 15.1. The molecule has 0 heterocycles. The molecule has 0 radical (unpaired) electrons. The van der Waals surface area contributed by atoms with Gasteiger partial charge in [0.2, 0.25) is 0 Å². The average Bonchev–Trinajstić information content (AvgIpc) is 2.48. The van der Waals surface area contributed by atoms with Gasteiger partial charge >= 0.3 is 0 Å². The second-order valence-corrected chi connectivity index (χ2v) is 6.46. The highest BCUT2D eigenvalue weighted by molar-refractivity contribution is 14.1. The maximum atomic E-state index is 12.4. The highest BCUT2D eigenvalue weighted by Crippen LogP contribution is 2.20. The van der Waals surface area contributed by atoms with E-state index in [9.17, 15) is 4.79 Å². The zero-order valence-electron chi connectivity index (χ0n) is 10.4. The Hall–Kier alpha value is -0.590. The van der Waals surface area contributed by atoms with Crippen molar-refractivity contribution in [3.05, 3.63) is 68.3 Å². The number of benzene rings is 2. The molecule has 0 spiro atoms. The molecule has 1 amide bonds. The monoisotopic (exact) mass is 463 g/mol. The first-order valence-electron chi connectivity index (χ1n) is 5.98. The molecular weight excluding hydrogens is 452 g/mol. The van der Waals surface area contributed by atoms with Gasteiger partial charge in [-0.15, -0.1) is 0 Å². The van der Waals surface area contributed by atoms with E-state index in [1.807, 2.05) is 36.4 Å². The molecule has 104 valence electrons. The van der Waals surface area contributed by atoms with Crippen molar-refractivity contribution < 1.29 is 4.79 Å². The lowest BCUT2D eigenvalue weighted by molar-refractivity contribution is 0.0940. The van der Waals surface area contributed by atoms with Gasteiger partial charge in [0.25, 0.3) is 5.91 Å². The molecule has 2 aromatic carbocycles. The molecule has 5 heteroatoms. The van der Waals surface area contributed by atoms with E-state index < -0.39 is 0 Å². The molecule has 2 rings (SSSR count). The first-order chi connectivity index (χ1) is 9.61. The predicted octanol–water partition coefficient (Wildman–Crippen LogP) is 4.81. The number of rotatable bonds is 4. The lowest BCUT2D eigenvalue weighted by Crippen LogP contribution is -2.30. The summed E-state index contributed by atoms with van der Waals surface area (Å²) < 4.78 is 0.880. The highest BCUT2D eigenvalue weighted by Gasteiger charge is 2.16. The fraction of sp³-hybridized carbons (Fsp3) is 0.133. The third-order valence-corrected chi connectivity index (χ3v) is 4.66. The van der Waals surface area contributed by atoms with Gasteiger partial charge in [-0.2, -0.15) is 0 Å². The Labute approximate surface area is 145 Å². The number of hydrogen-bond acceptors (Lipinski definition) is 1. The van der Waals surface area contributed by atoms with Crippen molar-refractivity contribution in [1.29, 1.82) is 0 Å². The van der Waals surface area contributed by atoms with Gasteiger partial charge in [0.05, 0.1) is 11.6 Å². The molecule has 2 nitrogen and oxygen atoms in total. The molecule has 0 aliphatic rings. The molecule has 0 bridgehead atoms. The van der Waals surface area contributed by atoms with Gasteiger partial charge in [-0.25, -0.2) is 0 Å². The normalized spacial score (nSPS) is 11.9. The van der Waals surface area contributed by atoms with Gasteiger partial charge in [0, 0.05) is 13.9 Å². The smallest absolute Gasteiger partial charge is 0.252 e. The molecule has 1 unspecified atom stereocenters. The van der Waals surface area contributed by atoms with Crippen molar-refractivity contribution in [2.24, 2.45) is 0 Å². The Bertz CT molecular complexity index is 606. The molecule has 0 saturated heterocycles. The van der Waals surface area contributed by atoms with Crippen LogP contribution in [0, 0.1) is 3.57 Å². The van der Waals surface area contributed by atoms with Crippen molar-refractivity contribution >= 4 is 56.0 Å². The minimum absolute atomic E-state index is 0.0709. The fourth-order valence-electron chi connectivity index (χ4n) is 1.80. The summed E-state index contributed by atoms with van der Waals surface area (Å²) in [7, 11) is 0. The highest BCUT2D eigenvalue weighted by atomic mass is 127. The summed E-state index contributed by atoms with van der Waals surface area (Å²) in [6.07, 6.45) is 0. The van der Waals surface area contributed by atoms with Crippen LogP contribution in [-0.4, -0.2) is 11.2 Å². The minimum Gasteiger partial charge on any atom is -0.344 e. The van der Waals surface area contributed by atoms with Crippen LogP contribution in [0.15, 0.2) is 48.5 Å². The first kappa shape index (κ1) is 15.8. The zero-order valence-corrected chi connectivity index (χ0v) is 14.9. The standard InChI is InChI=1S/C15H12BrClINO/c16-9-14(10-4-2-1-3-5-10)19-15(20)12-8-11(17)6-7-13(12)18/h1-8,14H,9H2,(H,19,20). The maximum absolute atomic E-state index is 12.4. The Morgan fingerprint density at radius 3 is 2.60 bits per heavy atom. The molecule has 0 aromatic heterocycles. The summed E-state index contributed by atoms with van der Waals surface area (Å²) in [5, 5.41) is 4.23. The number of carbonyl (C=O) groups excluding carboxylic acids is 1. The van der Waals surface area contributed by atoms with Gasteiger partial charge in [-0.3, -0.25) is 4.79 Å². The largest absolute Gasteiger partial charge is 0.344 e. The van der Waals surface area contributed by atoms with Gasteiger partial charge in [0.1, 0.15) is 0 Å². The van der Waals surface area contributed by atoms with E-state index in [4.69, 9.17) is 11.6 Å². The quantitative estimate of drug-likeness (QED) is 0.511. The van der Waals surface area contributed by atoms with Crippen LogP contribution in [0.4, 0.5) is 0 Å². The number of amides is 1. The van der Waals surface area contributed by atoms with Crippen molar-refractivity contribution in [3.63, 3.8) is 0 Å². The molecular formula is C15H12BrClINO. The summed E-state index contributed by atoms with van der Waals surface area (Å²) in [4.78, 5) is 12.4. The van der Waals surface area contributed by atoms with Crippen LogP contribution in [0.5, 0.6) is 0 Å². The van der Waals surface area contributed by atoms with Gasteiger partial charge < -0.3 is 5.32 Å². The number of carbonyl (C=O) groups is 1. The van der Waals surface area contributed by atoms with Crippen molar-refractivity contribution in [2.75, 3.05) is 5.33 Å². The molecule has 2 aromatic rings. The van der Waals surface area contributed by atoms with E-state index in [-0.39, 0.29) is 11.9 Å². The predicted molar refractivity (Wildman–Crippen MR) is 94.6 cm³/mol. The van der Waals surface area contributed by atoms with Crippen LogP contribution in [0.3, 0.4) is 0 Å². The number of halogens is 3. The zero-order chi connectivity index (χ0) is 14.5. The molecule has 1 N–H and O–H groups in total. The van der Waals surface area contributed by atoms with Crippen LogP contribution in [0.1, 0.15) is 22.0 Å². The Balaban J connectivity index is 2.20. The first-order valence-corrected chi connectivity index (χ1v) is 8.56. The topological polar surface area (TPSA) is 29.1 Å². The molecule has 20 heavy (non-hydrogen) atoms. The molecule has 0 fully saturated rings. The number of nitrogens with one attached hydrogen (secondary N) is 1. The summed E-state index contributed by atoms with van der Waals surface area (Å²) in [5.41, 5.74) is 1.66. The SMILES string of the molecule is O=C(NC(CBr)c1ccccc1)c1cc(Cl)ccc1I. The third-order valence-electron chi connectivity index (χ3n) is 2.83. The minimum atomic E-state index is -0.120. The molecule has 0 saturated carbocycles.